The second kappa shape index (κ2) is 8.66. The number of nitrogens with zero attached hydrogens (tertiary/aromatic N) is 1. The lowest BCUT2D eigenvalue weighted by Crippen LogP contribution is -2.26. The van der Waals surface area contributed by atoms with E-state index in [4.69, 9.17) is 9.47 Å². The minimum absolute atomic E-state index is 0.165. The molecule has 0 saturated carbocycles. The van der Waals surface area contributed by atoms with Crippen molar-refractivity contribution in [1.29, 1.82) is 0 Å². The van der Waals surface area contributed by atoms with Crippen LogP contribution in [0.3, 0.4) is 0 Å². The molecule has 1 amide bonds. The summed E-state index contributed by atoms with van der Waals surface area (Å²) in [6.45, 7) is 2.32. The first-order valence-corrected chi connectivity index (χ1v) is 8.47. The van der Waals surface area contributed by atoms with Gasteiger partial charge in [0.1, 0.15) is 11.4 Å². The van der Waals surface area contributed by atoms with Gasteiger partial charge in [-0.15, -0.1) is 0 Å². The van der Waals surface area contributed by atoms with Gasteiger partial charge in [0.25, 0.3) is 5.91 Å². The van der Waals surface area contributed by atoms with Gasteiger partial charge in [-0.25, -0.2) is 4.79 Å². The number of aromatic amines is 1. The van der Waals surface area contributed by atoms with Crippen molar-refractivity contribution in [3.63, 3.8) is 0 Å². The number of carbonyl (C=O) groups is 2. The van der Waals surface area contributed by atoms with Gasteiger partial charge in [-0.1, -0.05) is 42.5 Å². The van der Waals surface area contributed by atoms with E-state index in [1.807, 2.05) is 19.1 Å². The topological polar surface area (TPSA) is 93.3 Å². The Balaban J connectivity index is 1.84. The Morgan fingerprint density at radius 1 is 1.07 bits per heavy atom. The Hall–Kier alpha value is -3.61. The molecule has 2 N–H and O–H groups in total. The van der Waals surface area contributed by atoms with E-state index >= 15 is 0 Å². The first kappa shape index (κ1) is 18.2. The van der Waals surface area contributed by atoms with Gasteiger partial charge < -0.3 is 14.8 Å². The lowest BCUT2D eigenvalue weighted by atomic mass is 10.1. The summed E-state index contributed by atoms with van der Waals surface area (Å²) in [5.41, 5.74) is 1.22. The normalized spacial score (nSPS) is 11.4. The van der Waals surface area contributed by atoms with Crippen LogP contribution in [0.5, 0.6) is 5.75 Å². The maximum Gasteiger partial charge on any atom is 0.357 e. The van der Waals surface area contributed by atoms with E-state index in [9.17, 15) is 9.59 Å². The molecule has 0 radical (unpaired) electrons. The van der Waals surface area contributed by atoms with Crippen molar-refractivity contribution < 1.29 is 19.1 Å². The van der Waals surface area contributed by atoms with Crippen molar-refractivity contribution in [3.05, 3.63) is 78.1 Å². The molecule has 1 aromatic heterocycles. The first-order chi connectivity index (χ1) is 13.2. The molecule has 1 unspecified atom stereocenters. The number of aromatic nitrogens is 2. The van der Waals surface area contributed by atoms with Crippen molar-refractivity contribution in [2.45, 2.75) is 13.0 Å². The number of nitrogens with one attached hydrogen (secondary N) is 2. The zero-order valence-corrected chi connectivity index (χ0v) is 14.7. The van der Waals surface area contributed by atoms with Gasteiger partial charge in [0, 0.05) is 11.8 Å². The predicted octanol–water partition coefficient (Wildman–Crippen LogP) is 3.35. The van der Waals surface area contributed by atoms with Crippen molar-refractivity contribution in [3.8, 4) is 5.75 Å². The average Bonchev–Trinajstić information content (AvgIpc) is 3.23. The second-order valence-electron chi connectivity index (χ2n) is 5.58. The van der Waals surface area contributed by atoms with Crippen molar-refractivity contribution in [2.75, 3.05) is 11.9 Å². The molecular weight excluding hydrogens is 346 g/mol. The number of H-pyrrole nitrogens is 1. The molecule has 3 aromatic rings. The average molecular weight is 365 g/mol. The highest BCUT2D eigenvalue weighted by molar-refractivity contribution is 5.98. The van der Waals surface area contributed by atoms with Crippen LogP contribution in [-0.4, -0.2) is 28.7 Å². The third-order valence-corrected chi connectivity index (χ3v) is 3.73. The molecular formula is C20H19N3O4. The number of para-hydroxylation sites is 2. The van der Waals surface area contributed by atoms with E-state index in [-0.39, 0.29) is 5.69 Å². The summed E-state index contributed by atoms with van der Waals surface area (Å²) < 4.78 is 11.0. The molecule has 0 fully saturated rings. The van der Waals surface area contributed by atoms with E-state index < -0.39 is 18.0 Å². The Morgan fingerprint density at radius 2 is 1.81 bits per heavy atom. The number of amides is 1. The van der Waals surface area contributed by atoms with Crippen LogP contribution < -0.4 is 10.1 Å². The molecule has 0 aliphatic carbocycles. The molecule has 27 heavy (non-hydrogen) atoms. The van der Waals surface area contributed by atoms with Crippen LogP contribution in [0.15, 0.2) is 66.9 Å². The van der Waals surface area contributed by atoms with Gasteiger partial charge in [-0.2, -0.15) is 5.10 Å². The Bertz CT molecular complexity index is 895. The number of rotatable bonds is 7. The number of carbonyl (C=O) groups excluding carboxylic acids is 2. The Morgan fingerprint density at radius 3 is 2.52 bits per heavy atom. The largest absolute Gasteiger partial charge is 0.492 e. The van der Waals surface area contributed by atoms with Gasteiger partial charge in [-0.05, 0) is 25.1 Å². The molecule has 3 rings (SSSR count). The fraction of sp³-hybridized carbons (Fsp3) is 0.150. The lowest BCUT2D eigenvalue weighted by Gasteiger charge is -2.19. The van der Waals surface area contributed by atoms with Crippen molar-refractivity contribution in [1.82, 2.24) is 10.2 Å². The summed E-state index contributed by atoms with van der Waals surface area (Å²) in [5, 5.41) is 9.03. The Kier molecular flexibility index (Phi) is 5.84. The maximum absolute atomic E-state index is 12.9. The highest BCUT2D eigenvalue weighted by Gasteiger charge is 2.27. The molecule has 7 heteroatoms. The molecule has 1 atom stereocenters. The zero-order chi connectivity index (χ0) is 19.1. The number of esters is 1. The SMILES string of the molecule is CCOc1ccccc1NC(=O)C(OC(=O)c1ccn[nH]1)c1ccccc1. The summed E-state index contributed by atoms with van der Waals surface area (Å²) in [7, 11) is 0. The van der Waals surface area contributed by atoms with E-state index in [1.54, 1.807) is 42.5 Å². The molecule has 2 aromatic carbocycles. The first-order valence-electron chi connectivity index (χ1n) is 8.47. The van der Waals surface area contributed by atoms with E-state index in [0.29, 0.717) is 23.6 Å². The smallest absolute Gasteiger partial charge is 0.357 e. The minimum atomic E-state index is -1.13. The summed E-state index contributed by atoms with van der Waals surface area (Å²) in [6.07, 6.45) is 0.309. The monoisotopic (exact) mass is 365 g/mol. The summed E-state index contributed by atoms with van der Waals surface area (Å²) in [4.78, 5) is 25.2. The molecule has 1 heterocycles. The second-order valence-corrected chi connectivity index (χ2v) is 5.58. The standard InChI is InChI=1S/C20H19N3O4/c1-2-26-17-11-7-6-10-15(17)22-19(24)18(14-8-4-3-5-9-14)27-20(25)16-12-13-21-23-16/h3-13,18H,2H2,1H3,(H,21,23)(H,22,24). The number of hydrogen-bond donors (Lipinski definition) is 2. The number of hydrogen-bond acceptors (Lipinski definition) is 5. The van der Waals surface area contributed by atoms with Crippen LogP contribution in [0, 0.1) is 0 Å². The van der Waals surface area contributed by atoms with E-state index in [2.05, 4.69) is 15.5 Å². The van der Waals surface area contributed by atoms with Gasteiger partial charge >= 0.3 is 5.97 Å². The fourth-order valence-corrected chi connectivity index (χ4v) is 2.49. The van der Waals surface area contributed by atoms with Crippen LogP contribution in [0.4, 0.5) is 5.69 Å². The quantitative estimate of drug-likeness (QED) is 0.626. The highest BCUT2D eigenvalue weighted by Crippen LogP contribution is 2.27. The van der Waals surface area contributed by atoms with Crippen LogP contribution >= 0.6 is 0 Å². The predicted molar refractivity (Wildman–Crippen MR) is 99.4 cm³/mol. The van der Waals surface area contributed by atoms with Crippen LogP contribution in [0.2, 0.25) is 0 Å². The van der Waals surface area contributed by atoms with Crippen molar-refractivity contribution in [2.24, 2.45) is 0 Å². The highest BCUT2D eigenvalue weighted by atomic mass is 16.5. The number of ether oxygens (including phenoxy) is 2. The summed E-state index contributed by atoms with van der Waals surface area (Å²) in [6, 6.07) is 17.4. The lowest BCUT2D eigenvalue weighted by molar-refractivity contribution is -0.125. The molecule has 0 aliphatic rings. The number of benzene rings is 2. The molecule has 0 bridgehead atoms. The van der Waals surface area contributed by atoms with E-state index in [1.165, 1.54) is 12.3 Å². The van der Waals surface area contributed by atoms with Crippen LogP contribution in [0.1, 0.15) is 29.1 Å². The molecule has 0 aliphatic heterocycles. The van der Waals surface area contributed by atoms with Crippen molar-refractivity contribution >= 4 is 17.6 Å². The fourth-order valence-electron chi connectivity index (χ4n) is 2.49. The van der Waals surface area contributed by atoms with Gasteiger partial charge in [0.2, 0.25) is 6.10 Å². The van der Waals surface area contributed by atoms with Crippen LogP contribution in [-0.2, 0) is 9.53 Å². The number of anilines is 1. The molecule has 0 saturated heterocycles. The zero-order valence-electron chi connectivity index (χ0n) is 14.7. The summed E-state index contributed by atoms with van der Waals surface area (Å²) >= 11 is 0. The van der Waals surface area contributed by atoms with E-state index in [0.717, 1.165) is 0 Å². The van der Waals surface area contributed by atoms with Crippen LogP contribution in [0.25, 0.3) is 0 Å². The maximum atomic E-state index is 12.9. The Labute approximate surface area is 156 Å². The third kappa shape index (κ3) is 4.52. The molecule has 0 spiro atoms. The minimum Gasteiger partial charge on any atom is -0.492 e. The third-order valence-electron chi connectivity index (χ3n) is 3.73. The summed E-state index contributed by atoms with van der Waals surface area (Å²) in [5.74, 6) is -0.615. The molecule has 138 valence electrons. The van der Waals surface area contributed by atoms with Gasteiger partial charge in [-0.3, -0.25) is 9.89 Å². The van der Waals surface area contributed by atoms with Gasteiger partial charge in [0.15, 0.2) is 0 Å². The van der Waals surface area contributed by atoms with Gasteiger partial charge in [0.05, 0.1) is 12.3 Å². The molecule has 7 nitrogen and oxygen atoms in total.